The van der Waals surface area contributed by atoms with E-state index in [0.29, 0.717) is 12.3 Å². The Morgan fingerprint density at radius 1 is 1.16 bits per heavy atom. The van der Waals surface area contributed by atoms with E-state index in [1.54, 1.807) is 20.4 Å². The third-order valence-corrected chi connectivity index (χ3v) is 9.36. The molecule has 196 valence electrons. The molecule has 0 radical (unpaired) electrons. The van der Waals surface area contributed by atoms with Gasteiger partial charge < -0.3 is 23.8 Å². The molecular weight excluding hydrogens is 502 g/mol. The highest BCUT2D eigenvalue weighted by Crippen LogP contribution is 2.53. The summed E-state index contributed by atoms with van der Waals surface area (Å²) in [4.78, 5) is 11.2. The molecule has 2 aliphatic carbocycles. The number of allylic oxidation sites excluding steroid dienone is 3. The van der Waals surface area contributed by atoms with Crippen molar-refractivity contribution in [1.82, 2.24) is 0 Å². The van der Waals surface area contributed by atoms with E-state index in [2.05, 4.69) is 35.7 Å². The molecule has 6 aliphatic rings. The Hall–Kier alpha value is -3.46. The average Bonchev–Trinajstić information content (AvgIpc) is 3.52. The quantitative estimate of drug-likeness (QED) is 0.434. The molecule has 1 spiro atoms. The zero-order valence-corrected chi connectivity index (χ0v) is 22.4. The van der Waals surface area contributed by atoms with Crippen LogP contribution in [0.15, 0.2) is 91.3 Å². The fourth-order valence-electron chi connectivity index (χ4n) is 6.21. The van der Waals surface area contributed by atoms with E-state index in [4.69, 9.17) is 28.8 Å². The highest BCUT2D eigenvalue weighted by Gasteiger charge is 2.42. The van der Waals surface area contributed by atoms with Crippen molar-refractivity contribution in [2.75, 3.05) is 20.0 Å². The summed E-state index contributed by atoms with van der Waals surface area (Å²) in [7, 11) is 3.41. The van der Waals surface area contributed by atoms with Crippen molar-refractivity contribution in [1.29, 1.82) is 0 Å². The van der Waals surface area contributed by atoms with Gasteiger partial charge in [0.25, 0.3) is 5.72 Å². The summed E-state index contributed by atoms with van der Waals surface area (Å²) in [6.07, 6.45) is 14.2. The van der Waals surface area contributed by atoms with Gasteiger partial charge in [-0.2, -0.15) is 0 Å². The molecule has 8 nitrogen and oxygen atoms in total. The molecule has 0 saturated carbocycles. The maximum atomic E-state index is 6.52. The normalized spacial score (nSPS) is 33.5. The number of fused-ring (bicyclic) bond motifs is 1. The summed E-state index contributed by atoms with van der Waals surface area (Å²) < 4.78 is 24.2. The van der Waals surface area contributed by atoms with Gasteiger partial charge in [0.15, 0.2) is 0 Å². The standard InChI is InChI=1S/C29H29N3O5S/c1-16-4-6-22-26-20(14-35-22)23(34-3)13-30-12-19(25(16)26)18-5-7-21(33-2)27-24(15-38-28(18)27)36-17-8-10-29(11-9-17)31-32-37-29/h5,7-10,12-14,16,19,22,24H,4,6,11,15H2,1-3H3/b23-13+,30-12?. The first-order valence-corrected chi connectivity index (χ1v) is 14.0. The van der Waals surface area contributed by atoms with Crippen LogP contribution < -0.4 is 4.74 Å². The molecule has 4 heterocycles. The van der Waals surface area contributed by atoms with E-state index < -0.39 is 5.72 Å². The lowest BCUT2D eigenvalue weighted by atomic mass is 9.72. The number of rotatable bonds is 5. The Bertz CT molecular complexity index is 1410. The SMILES string of the molecule is CO/C1=C/N=CC(c2ccc(OC)c3c2SCC3OC2=CCC3(C=C2)N=NO3)C2=C3C1=COC3CCC2C. The Balaban J connectivity index is 1.29. The molecule has 1 aromatic carbocycles. The van der Waals surface area contributed by atoms with Gasteiger partial charge in [-0.15, -0.1) is 11.8 Å². The van der Waals surface area contributed by atoms with Gasteiger partial charge in [0.1, 0.15) is 29.5 Å². The van der Waals surface area contributed by atoms with Crippen molar-refractivity contribution in [2.45, 2.75) is 54.9 Å². The van der Waals surface area contributed by atoms with Crippen molar-refractivity contribution in [3.05, 3.63) is 82.2 Å². The number of aliphatic imine (C=N–C) groups is 1. The summed E-state index contributed by atoms with van der Waals surface area (Å²) in [6.45, 7) is 2.32. The molecule has 9 heteroatoms. The number of ether oxygens (including phenoxy) is 4. The van der Waals surface area contributed by atoms with Crippen molar-refractivity contribution in [3.8, 4) is 5.75 Å². The van der Waals surface area contributed by atoms with E-state index >= 15 is 0 Å². The smallest absolute Gasteiger partial charge is 0.273 e. The summed E-state index contributed by atoms with van der Waals surface area (Å²) in [5, 5.41) is 7.63. The molecule has 0 saturated heterocycles. The van der Waals surface area contributed by atoms with E-state index in [0.717, 1.165) is 47.0 Å². The van der Waals surface area contributed by atoms with Crippen molar-refractivity contribution < 1.29 is 23.8 Å². The summed E-state index contributed by atoms with van der Waals surface area (Å²) in [5.74, 6) is 3.60. The third-order valence-electron chi connectivity index (χ3n) is 8.15. The Morgan fingerprint density at radius 3 is 2.79 bits per heavy atom. The lowest BCUT2D eigenvalue weighted by molar-refractivity contribution is -0.0959. The molecule has 1 aromatic rings. The van der Waals surface area contributed by atoms with Crippen LogP contribution in [0.25, 0.3) is 0 Å². The van der Waals surface area contributed by atoms with Crippen LogP contribution in [0.2, 0.25) is 0 Å². The number of hydrogen-bond acceptors (Lipinski definition) is 9. The minimum absolute atomic E-state index is 0.0169. The van der Waals surface area contributed by atoms with Gasteiger partial charge in [-0.25, -0.2) is 0 Å². The molecule has 0 fully saturated rings. The highest BCUT2D eigenvalue weighted by atomic mass is 32.2. The first-order chi connectivity index (χ1) is 18.6. The minimum Gasteiger partial charge on any atom is -0.496 e. The zero-order chi connectivity index (χ0) is 25.9. The third kappa shape index (κ3) is 3.62. The van der Waals surface area contributed by atoms with Crippen molar-refractivity contribution in [2.24, 2.45) is 21.3 Å². The number of methoxy groups -OCH3 is 2. The summed E-state index contributed by atoms with van der Waals surface area (Å²) >= 11 is 1.82. The molecule has 0 bridgehead atoms. The predicted octanol–water partition coefficient (Wildman–Crippen LogP) is 6.46. The van der Waals surface area contributed by atoms with Crippen LogP contribution in [0.4, 0.5) is 0 Å². The molecule has 7 rings (SSSR count). The lowest BCUT2D eigenvalue weighted by Crippen LogP contribution is -2.32. The molecule has 0 amide bonds. The van der Waals surface area contributed by atoms with Gasteiger partial charge >= 0.3 is 0 Å². The Kier molecular flexibility index (Phi) is 5.65. The van der Waals surface area contributed by atoms with Gasteiger partial charge in [0, 0.05) is 45.6 Å². The second kappa shape index (κ2) is 9.08. The topological polar surface area (TPSA) is 83.2 Å². The Labute approximate surface area is 225 Å². The summed E-state index contributed by atoms with van der Waals surface area (Å²) in [6, 6.07) is 4.26. The van der Waals surface area contributed by atoms with Crippen molar-refractivity contribution in [3.63, 3.8) is 0 Å². The van der Waals surface area contributed by atoms with Crippen LogP contribution in [0, 0.1) is 5.92 Å². The maximum absolute atomic E-state index is 6.52. The van der Waals surface area contributed by atoms with Crippen LogP contribution in [0.3, 0.4) is 0 Å². The minimum atomic E-state index is -0.643. The first-order valence-electron chi connectivity index (χ1n) is 13.0. The van der Waals surface area contributed by atoms with E-state index in [9.17, 15) is 0 Å². The second-order valence-electron chi connectivity index (χ2n) is 10.3. The molecular formula is C29H29N3O5S. The van der Waals surface area contributed by atoms with E-state index in [1.165, 1.54) is 21.6 Å². The largest absolute Gasteiger partial charge is 0.496 e. The molecule has 5 unspecified atom stereocenters. The number of nitrogens with zero attached hydrogens (tertiary/aromatic N) is 3. The maximum Gasteiger partial charge on any atom is 0.273 e. The zero-order valence-electron chi connectivity index (χ0n) is 21.5. The number of thioether (sulfide) groups is 1. The van der Waals surface area contributed by atoms with Crippen LogP contribution in [-0.4, -0.2) is 38.0 Å². The molecule has 0 aromatic heterocycles. The lowest BCUT2D eigenvalue weighted by Gasteiger charge is -2.34. The van der Waals surface area contributed by atoms with Gasteiger partial charge in [-0.1, -0.05) is 18.1 Å². The van der Waals surface area contributed by atoms with Crippen LogP contribution in [0.5, 0.6) is 5.75 Å². The van der Waals surface area contributed by atoms with Gasteiger partial charge in [-0.05, 0) is 54.2 Å². The molecule has 38 heavy (non-hydrogen) atoms. The van der Waals surface area contributed by atoms with E-state index in [1.807, 2.05) is 36.3 Å². The molecule has 4 aliphatic heterocycles. The number of hydrogen-bond donors (Lipinski definition) is 0. The number of benzene rings is 1. The Morgan fingerprint density at radius 2 is 2.05 bits per heavy atom. The monoisotopic (exact) mass is 531 g/mol. The first kappa shape index (κ1) is 23.6. The van der Waals surface area contributed by atoms with Gasteiger partial charge in [0.2, 0.25) is 0 Å². The average molecular weight is 532 g/mol. The fraction of sp³-hybridized carbons (Fsp3) is 0.414. The van der Waals surface area contributed by atoms with Crippen LogP contribution in [0.1, 0.15) is 49.3 Å². The molecule has 0 N–H and O–H groups in total. The second-order valence-corrected chi connectivity index (χ2v) is 11.3. The van der Waals surface area contributed by atoms with E-state index in [-0.39, 0.29) is 18.1 Å². The predicted molar refractivity (Wildman–Crippen MR) is 143 cm³/mol. The van der Waals surface area contributed by atoms with Crippen molar-refractivity contribution >= 4 is 18.0 Å². The van der Waals surface area contributed by atoms with Gasteiger partial charge in [0.05, 0.1) is 32.3 Å². The van der Waals surface area contributed by atoms with Crippen LogP contribution >= 0.6 is 11.8 Å². The summed E-state index contributed by atoms with van der Waals surface area (Å²) in [5.41, 5.74) is 5.32. The molecule has 5 atom stereocenters. The van der Waals surface area contributed by atoms with Crippen LogP contribution in [-0.2, 0) is 19.0 Å². The van der Waals surface area contributed by atoms with Gasteiger partial charge in [-0.3, -0.25) is 4.99 Å². The fourth-order valence-corrected chi connectivity index (χ4v) is 7.51. The highest BCUT2D eigenvalue weighted by molar-refractivity contribution is 7.99.